The van der Waals surface area contributed by atoms with Crippen LogP contribution in [-0.2, 0) is 11.3 Å². The number of hydrogen-bond acceptors (Lipinski definition) is 4. The van der Waals surface area contributed by atoms with Crippen molar-refractivity contribution in [2.24, 2.45) is 0 Å². The Morgan fingerprint density at radius 3 is 2.45 bits per heavy atom. The van der Waals surface area contributed by atoms with Crippen molar-refractivity contribution in [1.82, 2.24) is 9.55 Å². The molecule has 8 heteroatoms. The summed E-state index contributed by atoms with van der Waals surface area (Å²) in [5.41, 5.74) is 6.19. The van der Waals surface area contributed by atoms with E-state index in [1.807, 2.05) is 37.3 Å². The van der Waals surface area contributed by atoms with Crippen LogP contribution in [0.25, 0.3) is 6.08 Å². The molecule has 0 spiro atoms. The van der Waals surface area contributed by atoms with Gasteiger partial charge in [-0.25, -0.2) is 9.18 Å². The number of rotatable bonds is 7. The number of nitrogens with zero attached hydrogens (tertiary/aromatic N) is 2. The van der Waals surface area contributed by atoms with E-state index in [-0.39, 0.29) is 30.4 Å². The largest absolute Gasteiger partial charge is 0.383 e. The Morgan fingerprint density at radius 2 is 1.81 bits per heavy atom. The first-order valence-corrected chi connectivity index (χ1v) is 9.82. The van der Waals surface area contributed by atoms with Crippen molar-refractivity contribution in [3.05, 3.63) is 98.5 Å². The second-order valence-corrected chi connectivity index (χ2v) is 6.94. The van der Waals surface area contributed by atoms with Gasteiger partial charge in [0.15, 0.2) is 5.69 Å². The van der Waals surface area contributed by atoms with Gasteiger partial charge in [0.25, 0.3) is 11.5 Å². The minimum Gasteiger partial charge on any atom is -0.383 e. The lowest BCUT2D eigenvalue weighted by molar-refractivity contribution is -0.114. The molecule has 0 aliphatic carbocycles. The Morgan fingerprint density at radius 1 is 1.13 bits per heavy atom. The van der Waals surface area contributed by atoms with Crippen LogP contribution in [-0.4, -0.2) is 22.0 Å². The van der Waals surface area contributed by atoms with Crippen LogP contribution in [0.4, 0.5) is 15.9 Å². The van der Waals surface area contributed by atoms with Gasteiger partial charge in [0.1, 0.15) is 11.6 Å². The van der Waals surface area contributed by atoms with E-state index in [1.165, 1.54) is 45.9 Å². The highest BCUT2D eigenvalue weighted by atomic mass is 19.1. The quantitative estimate of drug-likeness (QED) is 0.572. The van der Waals surface area contributed by atoms with E-state index in [0.29, 0.717) is 12.0 Å². The SMILES string of the molecule is CCCN(C(=O)/C=C/c1ccc(F)cc1)c1c(N)n(Cc2ccccc2)c(=O)[nH]c1=O. The maximum absolute atomic E-state index is 13.1. The van der Waals surface area contributed by atoms with Crippen LogP contribution in [0.1, 0.15) is 24.5 Å². The lowest BCUT2D eigenvalue weighted by atomic mass is 10.2. The summed E-state index contributed by atoms with van der Waals surface area (Å²) in [4.78, 5) is 41.4. The molecule has 0 aliphatic heterocycles. The van der Waals surface area contributed by atoms with Gasteiger partial charge in [0.2, 0.25) is 0 Å². The number of nitrogen functional groups attached to an aromatic ring is 1. The monoisotopic (exact) mass is 422 g/mol. The van der Waals surface area contributed by atoms with E-state index in [0.717, 1.165) is 5.56 Å². The van der Waals surface area contributed by atoms with Crippen LogP contribution in [0.5, 0.6) is 0 Å². The fraction of sp³-hybridized carbons (Fsp3) is 0.174. The molecule has 0 atom stereocenters. The van der Waals surface area contributed by atoms with Crippen molar-refractivity contribution < 1.29 is 9.18 Å². The minimum atomic E-state index is -0.733. The number of carbonyl (C=O) groups is 1. The van der Waals surface area contributed by atoms with Gasteiger partial charge in [-0.05, 0) is 35.8 Å². The van der Waals surface area contributed by atoms with E-state index in [2.05, 4.69) is 4.98 Å². The third-order valence-electron chi connectivity index (χ3n) is 4.67. The van der Waals surface area contributed by atoms with Crippen molar-refractivity contribution in [3.8, 4) is 0 Å². The molecule has 0 saturated carbocycles. The number of H-pyrrole nitrogens is 1. The molecule has 2 aromatic carbocycles. The summed E-state index contributed by atoms with van der Waals surface area (Å²) in [6, 6.07) is 14.8. The molecule has 3 aromatic rings. The van der Waals surface area contributed by atoms with Gasteiger partial charge in [0, 0.05) is 12.6 Å². The number of aromatic amines is 1. The maximum atomic E-state index is 13.1. The van der Waals surface area contributed by atoms with Gasteiger partial charge < -0.3 is 10.6 Å². The molecular weight excluding hydrogens is 399 g/mol. The van der Waals surface area contributed by atoms with Crippen molar-refractivity contribution in [3.63, 3.8) is 0 Å². The summed E-state index contributed by atoms with van der Waals surface area (Å²) in [6.45, 7) is 2.23. The zero-order chi connectivity index (χ0) is 22.4. The van der Waals surface area contributed by atoms with Crippen molar-refractivity contribution in [2.75, 3.05) is 17.2 Å². The van der Waals surface area contributed by atoms with Crippen LogP contribution in [0.3, 0.4) is 0 Å². The van der Waals surface area contributed by atoms with Gasteiger partial charge in [-0.1, -0.05) is 49.4 Å². The third-order valence-corrected chi connectivity index (χ3v) is 4.67. The average molecular weight is 422 g/mol. The zero-order valence-electron chi connectivity index (χ0n) is 17.0. The molecule has 1 aromatic heterocycles. The number of benzene rings is 2. The Labute approximate surface area is 178 Å². The topological polar surface area (TPSA) is 101 Å². The van der Waals surface area contributed by atoms with Crippen LogP contribution in [0.15, 0.2) is 70.3 Å². The second-order valence-electron chi connectivity index (χ2n) is 6.94. The highest BCUT2D eigenvalue weighted by Crippen LogP contribution is 2.19. The van der Waals surface area contributed by atoms with Gasteiger partial charge in [-0.2, -0.15) is 0 Å². The Bertz CT molecular complexity index is 1200. The fourth-order valence-electron chi connectivity index (χ4n) is 3.15. The van der Waals surface area contributed by atoms with Gasteiger partial charge in [0.05, 0.1) is 6.54 Å². The predicted octanol–water partition coefficient (Wildman–Crippen LogP) is 2.76. The Kier molecular flexibility index (Phi) is 6.81. The molecule has 0 bridgehead atoms. The molecule has 1 heterocycles. The molecule has 7 nitrogen and oxygen atoms in total. The third kappa shape index (κ3) is 5.16. The summed E-state index contributed by atoms with van der Waals surface area (Å²) in [7, 11) is 0. The molecule has 0 saturated heterocycles. The van der Waals surface area contributed by atoms with E-state index >= 15 is 0 Å². The lowest BCUT2D eigenvalue weighted by Crippen LogP contribution is -2.41. The van der Waals surface area contributed by atoms with Crippen molar-refractivity contribution >= 4 is 23.5 Å². The number of anilines is 2. The number of carbonyl (C=O) groups excluding carboxylic acids is 1. The smallest absolute Gasteiger partial charge is 0.330 e. The first kappa shape index (κ1) is 21.8. The molecule has 160 valence electrons. The Hall–Kier alpha value is -3.94. The van der Waals surface area contributed by atoms with E-state index in [4.69, 9.17) is 5.73 Å². The number of aromatic nitrogens is 2. The van der Waals surface area contributed by atoms with E-state index < -0.39 is 17.2 Å². The molecule has 3 N–H and O–H groups in total. The average Bonchev–Trinajstić information content (AvgIpc) is 2.76. The first-order chi connectivity index (χ1) is 14.9. The summed E-state index contributed by atoms with van der Waals surface area (Å²) < 4.78 is 14.3. The van der Waals surface area contributed by atoms with Crippen LogP contribution in [0, 0.1) is 5.82 Å². The Balaban J connectivity index is 1.99. The fourth-order valence-corrected chi connectivity index (χ4v) is 3.15. The zero-order valence-corrected chi connectivity index (χ0v) is 17.0. The number of nitrogens with two attached hydrogens (primary N) is 1. The van der Waals surface area contributed by atoms with Gasteiger partial charge >= 0.3 is 5.69 Å². The number of nitrogens with one attached hydrogen (secondary N) is 1. The molecule has 3 rings (SSSR count). The lowest BCUT2D eigenvalue weighted by Gasteiger charge is -2.23. The van der Waals surface area contributed by atoms with Crippen molar-refractivity contribution in [1.29, 1.82) is 0 Å². The molecule has 31 heavy (non-hydrogen) atoms. The summed E-state index contributed by atoms with van der Waals surface area (Å²) in [5.74, 6) is -0.945. The number of hydrogen-bond donors (Lipinski definition) is 2. The van der Waals surface area contributed by atoms with Crippen LogP contribution < -0.4 is 21.9 Å². The van der Waals surface area contributed by atoms with Crippen LogP contribution >= 0.6 is 0 Å². The molecule has 1 amide bonds. The van der Waals surface area contributed by atoms with Gasteiger partial charge in [-0.15, -0.1) is 0 Å². The van der Waals surface area contributed by atoms with E-state index in [9.17, 15) is 18.8 Å². The maximum Gasteiger partial charge on any atom is 0.330 e. The van der Waals surface area contributed by atoms with Crippen LogP contribution in [0.2, 0.25) is 0 Å². The molecule has 0 unspecified atom stereocenters. The molecule has 0 radical (unpaired) electrons. The molecular formula is C23H23FN4O3. The predicted molar refractivity (Wildman–Crippen MR) is 119 cm³/mol. The standard InChI is InChI=1S/C23H23FN4O3/c1-2-14-27(19(29)13-10-16-8-11-18(24)12-9-16)20-21(25)28(23(31)26-22(20)30)15-17-6-4-3-5-7-17/h3-13H,2,14-15,25H2,1H3,(H,26,30,31)/b13-10+. The highest BCUT2D eigenvalue weighted by Gasteiger charge is 2.22. The summed E-state index contributed by atoms with van der Waals surface area (Å²) in [6.07, 6.45) is 3.37. The normalized spacial score (nSPS) is 11.0. The molecule has 0 fully saturated rings. The van der Waals surface area contributed by atoms with Crippen molar-refractivity contribution in [2.45, 2.75) is 19.9 Å². The van der Waals surface area contributed by atoms with E-state index in [1.54, 1.807) is 0 Å². The summed E-state index contributed by atoms with van der Waals surface area (Å²) in [5, 5.41) is 0. The number of halogens is 1. The minimum absolute atomic E-state index is 0.0777. The highest BCUT2D eigenvalue weighted by molar-refractivity contribution is 6.05. The summed E-state index contributed by atoms with van der Waals surface area (Å²) >= 11 is 0. The number of amides is 1. The molecule has 0 aliphatic rings. The van der Waals surface area contributed by atoms with Gasteiger partial charge in [-0.3, -0.25) is 19.1 Å². The first-order valence-electron chi connectivity index (χ1n) is 9.82. The second kappa shape index (κ2) is 9.71.